The highest BCUT2D eigenvalue weighted by Crippen LogP contribution is 2.46. The van der Waals surface area contributed by atoms with Gasteiger partial charge in [0, 0.05) is 12.8 Å². The van der Waals surface area contributed by atoms with Crippen molar-refractivity contribution in [1.82, 2.24) is 0 Å². The zero-order valence-electron chi connectivity index (χ0n) is 17.7. The standard InChI is InChI=1S/C24H34F4O/c1-3-24(27,28)15-16-5-7-17(8-6-16)18-9-11-19(12-10-18)20-13-14-21(29-4-2)23(26)22(20)25/h13-14,16-19H,3-12,15H2,1-2H3. The second-order valence-corrected chi connectivity index (χ2v) is 9.02. The van der Waals surface area contributed by atoms with Gasteiger partial charge >= 0.3 is 0 Å². The fraction of sp³-hybridized carbons (Fsp3) is 0.750. The van der Waals surface area contributed by atoms with Crippen molar-refractivity contribution in [3.63, 3.8) is 0 Å². The Morgan fingerprint density at radius 3 is 2.00 bits per heavy atom. The second kappa shape index (κ2) is 9.70. The molecule has 0 bridgehead atoms. The van der Waals surface area contributed by atoms with E-state index in [1.54, 1.807) is 19.9 Å². The number of benzene rings is 1. The maximum atomic E-state index is 14.5. The molecule has 2 fully saturated rings. The molecule has 0 aliphatic heterocycles. The molecule has 0 radical (unpaired) electrons. The predicted molar refractivity (Wildman–Crippen MR) is 108 cm³/mol. The molecular weight excluding hydrogens is 380 g/mol. The van der Waals surface area contributed by atoms with Crippen LogP contribution in [0.4, 0.5) is 17.6 Å². The van der Waals surface area contributed by atoms with E-state index in [1.807, 2.05) is 0 Å². The van der Waals surface area contributed by atoms with Gasteiger partial charge in [0.15, 0.2) is 11.6 Å². The molecule has 2 aliphatic rings. The van der Waals surface area contributed by atoms with Gasteiger partial charge in [0.2, 0.25) is 11.7 Å². The van der Waals surface area contributed by atoms with Gasteiger partial charge in [-0.05, 0) is 93.6 Å². The first-order valence-corrected chi connectivity index (χ1v) is 11.3. The van der Waals surface area contributed by atoms with E-state index >= 15 is 0 Å². The Kier molecular flexibility index (Phi) is 7.50. The second-order valence-electron chi connectivity index (χ2n) is 9.02. The van der Waals surface area contributed by atoms with Crippen molar-refractivity contribution in [3.8, 4) is 5.75 Å². The summed E-state index contributed by atoms with van der Waals surface area (Å²) in [4.78, 5) is 0. The minimum Gasteiger partial charge on any atom is -0.491 e. The fourth-order valence-corrected chi connectivity index (χ4v) is 5.46. The molecule has 2 saturated carbocycles. The van der Waals surface area contributed by atoms with Gasteiger partial charge in [0.25, 0.3) is 0 Å². The van der Waals surface area contributed by atoms with Crippen LogP contribution in [0.2, 0.25) is 0 Å². The van der Waals surface area contributed by atoms with Crippen molar-refractivity contribution in [2.45, 2.75) is 89.9 Å². The SMILES string of the molecule is CCOc1ccc(C2CCC(C3CCC(CC(F)(F)CC)CC3)CC2)c(F)c1F. The van der Waals surface area contributed by atoms with Gasteiger partial charge in [-0.1, -0.05) is 13.0 Å². The summed E-state index contributed by atoms with van der Waals surface area (Å²) in [7, 11) is 0. The Morgan fingerprint density at radius 1 is 0.862 bits per heavy atom. The predicted octanol–water partition coefficient (Wildman–Crippen LogP) is 7.88. The third-order valence-corrected chi connectivity index (χ3v) is 7.25. The lowest BCUT2D eigenvalue weighted by atomic mass is 9.67. The number of rotatable bonds is 7. The van der Waals surface area contributed by atoms with Crippen LogP contribution in [0.15, 0.2) is 12.1 Å². The molecule has 0 N–H and O–H groups in total. The van der Waals surface area contributed by atoms with Crippen molar-refractivity contribution < 1.29 is 22.3 Å². The molecule has 0 amide bonds. The average Bonchev–Trinajstić information content (AvgIpc) is 2.72. The zero-order valence-corrected chi connectivity index (χ0v) is 17.7. The number of ether oxygens (including phenoxy) is 1. The lowest BCUT2D eigenvalue weighted by Gasteiger charge is -2.38. The molecule has 1 aromatic carbocycles. The third-order valence-electron chi connectivity index (χ3n) is 7.25. The van der Waals surface area contributed by atoms with E-state index < -0.39 is 17.6 Å². The van der Waals surface area contributed by atoms with Crippen molar-refractivity contribution in [2.24, 2.45) is 17.8 Å². The number of halogens is 4. The van der Waals surface area contributed by atoms with Crippen molar-refractivity contribution >= 4 is 0 Å². The molecular formula is C24H34F4O. The van der Waals surface area contributed by atoms with Gasteiger partial charge in [-0.25, -0.2) is 13.2 Å². The van der Waals surface area contributed by atoms with E-state index in [2.05, 4.69) is 0 Å². The average molecular weight is 415 g/mol. The van der Waals surface area contributed by atoms with Crippen molar-refractivity contribution in [2.75, 3.05) is 6.61 Å². The van der Waals surface area contributed by atoms with Crippen molar-refractivity contribution in [1.29, 1.82) is 0 Å². The molecule has 29 heavy (non-hydrogen) atoms. The van der Waals surface area contributed by atoms with E-state index in [4.69, 9.17) is 4.74 Å². The van der Waals surface area contributed by atoms with Crippen LogP contribution in [0.1, 0.15) is 89.5 Å². The van der Waals surface area contributed by atoms with Gasteiger partial charge in [0.1, 0.15) is 0 Å². The van der Waals surface area contributed by atoms with E-state index in [1.165, 1.54) is 6.07 Å². The van der Waals surface area contributed by atoms with E-state index in [9.17, 15) is 17.6 Å². The van der Waals surface area contributed by atoms with Crippen LogP contribution >= 0.6 is 0 Å². The summed E-state index contributed by atoms with van der Waals surface area (Å²) in [5.41, 5.74) is 0.468. The van der Waals surface area contributed by atoms with Crippen LogP contribution in [0.5, 0.6) is 5.75 Å². The van der Waals surface area contributed by atoms with Gasteiger partial charge in [-0.2, -0.15) is 4.39 Å². The van der Waals surface area contributed by atoms with Gasteiger partial charge in [-0.3, -0.25) is 0 Å². The summed E-state index contributed by atoms with van der Waals surface area (Å²) < 4.78 is 61.2. The van der Waals surface area contributed by atoms with Crippen LogP contribution in [0.25, 0.3) is 0 Å². The number of hydrogen-bond donors (Lipinski definition) is 0. The molecule has 0 atom stereocenters. The van der Waals surface area contributed by atoms with Gasteiger partial charge in [0.05, 0.1) is 6.61 Å². The third kappa shape index (κ3) is 5.46. The normalized spacial score (nSPS) is 28.3. The van der Waals surface area contributed by atoms with E-state index in [0.717, 1.165) is 51.4 Å². The summed E-state index contributed by atoms with van der Waals surface area (Å²) >= 11 is 0. The Hall–Kier alpha value is -1.26. The molecule has 1 aromatic rings. The van der Waals surface area contributed by atoms with Crippen LogP contribution < -0.4 is 4.74 Å². The maximum absolute atomic E-state index is 14.5. The zero-order chi connectivity index (χ0) is 21.0. The smallest absolute Gasteiger partial charge is 0.248 e. The lowest BCUT2D eigenvalue weighted by molar-refractivity contribution is -0.0342. The molecule has 2 aliphatic carbocycles. The Labute approximate surface area is 172 Å². The quantitative estimate of drug-likeness (QED) is 0.412. The number of hydrogen-bond acceptors (Lipinski definition) is 1. The largest absolute Gasteiger partial charge is 0.491 e. The highest BCUT2D eigenvalue weighted by atomic mass is 19.3. The molecule has 0 heterocycles. The fourth-order valence-electron chi connectivity index (χ4n) is 5.46. The highest BCUT2D eigenvalue weighted by molar-refractivity contribution is 5.33. The van der Waals surface area contributed by atoms with Crippen LogP contribution in [0, 0.1) is 29.4 Å². The summed E-state index contributed by atoms with van der Waals surface area (Å²) in [5.74, 6) is -2.79. The van der Waals surface area contributed by atoms with Gasteiger partial charge < -0.3 is 4.74 Å². The Morgan fingerprint density at radius 2 is 1.45 bits per heavy atom. The molecule has 5 heteroatoms. The minimum absolute atomic E-state index is 0.0205. The molecule has 1 nitrogen and oxygen atoms in total. The summed E-state index contributed by atoms with van der Waals surface area (Å²) in [6.07, 6.45) is 7.59. The van der Waals surface area contributed by atoms with Crippen LogP contribution in [-0.2, 0) is 0 Å². The number of alkyl halides is 2. The minimum atomic E-state index is -2.52. The molecule has 164 valence electrons. The molecule has 0 saturated heterocycles. The Balaban J connectivity index is 1.51. The molecule has 0 unspecified atom stereocenters. The molecule has 0 aromatic heterocycles. The molecule has 0 spiro atoms. The first-order chi connectivity index (χ1) is 13.8. The molecule has 3 rings (SSSR count). The lowest BCUT2D eigenvalue weighted by Crippen LogP contribution is -2.28. The summed E-state index contributed by atoms with van der Waals surface area (Å²) in [6, 6.07) is 3.21. The van der Waals surface area contributed by atoms with E-state index in [0.29, 0.717) is 24.0 Å². The van der Waals surface area contributed by atoms with Crippen LogP contribution in [0.3, 0.4) is 0 Å². The summed E-state index contributed by atoms with van der Waals surface area (Å²) in [6.45, 7) is 3.61. The topological polar surface area (TPSA) is 9.23 Å². The van der Waals surface area contributed by atoms with Gasteiger partial charge in [-0.15, -0.1) is 0 Å². The highest BCUT2D eigenvalue weighted by Gasteiger charge is 2.36. The monoisotopic (exact) mass is 414 g/mol. The van der Waals surface area contributed by atoms with Crippen LogP contribution in [-0.4, -0.2) is 12.5 Å². The Bertz CT molecular complexity index is 659. The first kappa shape index (κ1) is 22.4. The van der Waals surface area contributed by atoms with E-state index in [-0.39, 0.29) is 30.4 Å². The maximum Gasteiger partial charge on any atom is 0.248 e. The first-order valence-electron chi connectivity index (χ1n) is 11.3. The van der Waals surface area contributed by atoms with Crippen molar-refractivity contribution in [3.05, 3.63) is 29.3 Å². The summed E-state index contributed by atoms with van der Waals surface area (Å²) in [5, 5.41) is 0.